The summed E-state index contributed by atoms with van der Waals surface area (Å²) in [7, 11) is 4.60. The summed E-state index contributed by atoms with van der Waals surface area (Å²) in [6.07, 6.45) is 0. The van der Waals surface area contributed by atoms with Crippen LogP contribution in [0.4, 0.5) is 0 Å². The van der Waals surface area contributed by atoms with E-state index in [9.17, 15) is 10.5 Å². The summed E-state index contributed by atoms with van der Waals surface area (Å²) in [4.78, 5) is 4.70. The Balaban J connectivity index is 2.30. The number of methoxy groups -OCH3 is 3. The summed E-state index contributed by atoms with van der Waals surface area (Å²) in [5.74, 6) is 2.58. The Hall–Kier alpha value is -2.23. The number of aliphatic imine (C=N–C) groups is 1. The molecular weight excluding hydrogens is 408 g/mol. The van der Waals surface area contributed by atoms with Gasteiger partial charge in [-0.3, -0.25) is 0 Å². The maximum Gasteiger partial charge on any atom is 0.203 e. The van der Waals surface area contributed by atoms with Crippen LogP contribution in [0.1, 0.15) is 25.3 Å². The van der Waals surface area contributed by atoms with Gasteiger partial charge in [-0.2, -0.15) is 10.5 Å². The summed E-state index contributed by atoms with van der Waals surface area (Å²) < 4.78 is 15.7. The molecule has 2 N–H and O–H groups in total. The Kier molecular flexibility index (Phi) is 5.59. The van der Waals surface area contributed by atoms with Crippen LogP contribution in [0.3, 0.4) is 0 Å². The zero-order chi connectivity index (χ0) is 21.4. The Morgan fingerprint density at radius 3 is 2.10 bits per heavy atom. The van der Waals surface area contributed by atoms with Crippen molar-refractivity contribution in [3.63, 3.8) is 0 Å². The van der Waals surface area contributed by atoms with Crippen LogP contribution in [-0.4, -0.2) is 42.9 Å². The molecule has 1 saturated carbocycles. The number of ether oxygens (including phenoxy) is 3. The van der Waals surface area contributed by atoms with Crippen LogP contribution in [0, 0.1) is 33.5 Å². The summed E-state index contributed by atoms with van der Waals surface area (Å²) in [6.45, 7) is 4.03. The standard InChI is InChI=1S/C20H24N4O3S2/c1-6-28-20(29-7-2)19(11-22)16(18(19,10-21)17(23)24-20)12-8-9-13(25-3)15(27-5)14(12)26-4/h8-9,16H,6-7H2,1-5H3,(H2,23,24)/t16-,18-,19+/m0/s1. The molecule has 0 radical (unpaired) electrons. The van der Waals surface area contributed by atoms with Gasteiger partial charge in [0, 0.05) is 11.5 Å². The third-order valence-corrected chi connectivity index (χ3v) is 8.55. The van der Waals surface area contributed by atoms with Crippen LogP contribution in [0.2, 0.25) is 0 Å². The Labute approximate surface area is 179 Å². The molecule has 0 bridgehead atoms. The van der Waals surface area contributed by atoms with Gasteiger partial charge in [-0.25, -0.2) is 4.99 Å². The molecule has 1 fully saturated rings. The number of nitriles is 2. The van der Waals surface area contributed by atoms with Gasteiger partial charge in [-0.1, -0.05) is 19.9 Å². The number of hydrogen-bond donors (Lipinski definition) is 1. The summed E-state index contributed by atoms with van der Waals surface area (Å²) in [5.41, 5.74) is 4.75. The normalized spacial score (nSPS) is 28.5. The lowest BCUT2D eigenvalue weighted by atomic mass is 9.97. The minimum atomic E-state index is -1.21. The molecule has 0 aromatic heterocycles. The zero-order valence-electron chi connectivity index (χ0n) is 17.1. The maximum atomic E-state index is 10.4. The molecule has 1 heterocycles. The second-order valence-electron chi connectivity index (χ2n) is 6.64. The van der Waals surface area contributed by atoms with Crippen LogP contribution >= 0.6 is 23.5 Å². The summed E-state index contributed by atoms with van der Waals surface area (Å²) >= 11 is 3.11. The highest BCUT2D eigenvalue weighted by Gasteiger charge is 2.92. The van der Waals surface area contributed by atoms with Crippen molar-refractivity contribution in [1.82, 2.24) is 0 Å². The highest BCUT2D eigenvalue weighted by Crippen LogP contribution is 2.86. The van der Waals surface area contributed by atoms with Crippen molar-refractivity contribution in [3.8, 4) is 29.4 Å². The van der Waals surface area contributed by atoms with Crippen molar-refractivity contribution < 1.29 is 14.2 Å². The fourth-order valence-corrected chi connectivity index (χ4v) is 7.82. The van der Waals surface area contributed by atoms with Crippen molar-refractivity contribution in [3.05, 3.63) is 17.7 Å². The third-order valence-electron chi connectivity index (χ3n) is 5.65. The third kappa shape index (κ3) is 2.41. The van der Waals surface area contributed by atoms with Gasteiger partial charge in [0.2, 0.25) is 5.75 Å². The number of thioether (sulfide) groups is 2. The molecule has 1 aromatic carbocycles. The first-order valence-electron chi connectivity index (χ1n) is 9.20. The van der Waals surface area contributed by atoms with Gasteiger partial charge in [0.05, 0.1) is 33.5 Å². The van der Waals surface area contributed by atoms with Crippen molar-refractivity contribution in [2.24, 2.45) is 21.6 Å². The van der Waals surface area contributed by atoms with Crippen molar-refractivity contribution in [1.29, 1.82) is 10.5 Å². The van der Waals surface area contributed by atoms with Crippen LogP contribution in [-0.2, 0) is 0 Å². The molecule has 2 aliphatic rings. The number of fused-ring (bicyclic) bond motifs is 1. The number of hydrogen-bond acceptors (Lipinski definition) is 9. The zero-order valence-corrected chi connectivity index (χ0v) is 18.7. The van der Waals surface area contributed by atoms with Gasteiger partial charge in [0.25, 0.3) is 0 Å². The van der Waals surface area contributed by atoms with Crippen molar-refractivity contribution in [2.75, 3.05) is 32.8 Å². The highest BCUT2D eigenvalue weighted by atomic mass is 32.2. The SMILES string of the molecule is CCSC1(SCC)N=C(N)[C@]2(C#N)[C@H](c3ccc(OC)c(OC)c3OC)[C@@]12C#N. The van der Waals surface area contributed by atoms with E-state index in [1.165, 1.54) is 14.2 Å². The minimum absolute atomic E-state index is 0.213. The Morgan fingerprint density at radius 2 is 1.66 bits per heavy atom. The van der Waals surface area contributed by atoms with E-state index in [1.807, 2.05) is 19.9 Å². The van der Waals surface area contributed by atoms with Crippen molar-refractivity contribution in [2.45, 2.75) is 24.0 Å². The van der Waals surface area contributed by atoms with Gasteiger partial charge < -0.3 is 19.9 Å². The average molecular weight is 433 g/mol. The van der Waals surface area contributed by atoms with E-state index < -0.39 is 21.0 Å². The first-order valence-corrected chi connectivity index (χ1v) is 11.2. The van der Waals surface area contributed by atoms with Gasteiger partial charge in [0.1, 0.15) is 16.7 Å². The van der Waals surface area contributed by atoms with Crippen LogP contribution in [0.5, 0.6) is 17.2 Å². The fraction of sp³-hybridized carbons (Fsp3) is 0.550. The number of amidine groups is 1. The molecule has 0 amide bonds. The predicted molar refractivity (Wildman–Crippen MR) is 116 cm³/mol. The van der Waals surface area contributed by atoms with Crippen LogP contribution in [0.15, 0.2) is 17.1 Å². The smallest absolute Gasteiger partial charge is 0.203 e. The molecule has 1 aliphatic carbocycles. The second kappa shape index (κ2) is 7.55. The van der Waals surface area contributed by atoms with Gasteiger partial charge in [-0.05, 0) is 17.6 Å². The largest absolute Gasteiger partial charge is 0.493 e. The molecule has 7 nitrogen and oxygen atoms in total. The monoisotopic (exact) mass is 432 g/mol. The lowest BCUT2D eigenvalue weighted by Gasteiger charge is -2.31. The second-order valence-corrected chi connectivity index (χ2v) is 9.81. The number of nitrogens with zero attached hydrogens (tertiary/aromatic N) is 3. The van der Waals surface area contributed by atoms with E-state index in [-0.39, 0.29) is 5.84 Å². The fourth-order valence-electron chi connectivity index (χ4n) is 4.57. The Bertz CT molecular complexity index is 933. The minimum Gasteiger partial charge on any atom is -0.493 e. The lowest BCUT2D eigenvalue weighted by Crippen LogP contribution is -2.31. The van der Waals surface area contributed by atoms with Crippen molar-refractivity contribution >= 4 is 29.4 Å². The molecular formula is C20H24N4O3S2. The molecule has 154 valence electrons. The lowest BCUT2D eigenvalue weighted by molar-refractivity contribution is 0.321. The number of benzene rings is 1. The molecule has 0 spiro atoms. The van der Waals surface area contributed by atoms with Gasteiger partial charge >= 0.3 is 0 Å². The Morgan fingerprint density at radius 1 is 1.03 bits per heavy atom. The van der Waals surface area contributed by atoms with E-state index in [0.29, 0.717) is 22.8 Å². The topological polar surface area (TPSA) is 114 Å². The van der Waals surface area contributed by atoms with E-state index in [4.69, 9.17) is 24.9 Å². The molecule has 29 heavy (non-hydrogen) atoms. The maximum absolute atomic E-state index is 10.4. The van der Waals surface area contributed by atoms with E-state index in [0.717, 1.165) is 11.5 Å². The summed E-state index contributed by atoms with van der Waals surface area (Å²) in [5, 5.41) is 20.7. The summed E-state index contributed by atoms with van der Waals surface area (Å²) in [6, 6.07) is 8.42. The quantitative estimate of drug-likeness (QED) is 0.622. The van der Waals surface area contributed by atoms with Gasteiger partial charge in [0.15, 0.2) is 15.7 Å². The van der Waals surface area contributed by atoms with E-state index in [2.05, 4.69) is 12.1 Å². The predicted octanol–water partition coefficient (Wildman–Crippen LogP) is 3.36. The van der Waals surface area contributed by atoms with Crippen LogP contribution < -0.4 is 19.9 Å². The molecule has 1 aliphatic heterocycles. The molecule has 0 unspecified atom stereocenters. The first kappa shape index (κ1) is 21.5. The van der Waals surface area contributed by atoms with Gasteiger partial charge in [-0.15, -0.1) is 23.5 Å². The molecule has 9 heteroatoms. The molecule has 3 atom stereocenters. The van der Waals surface area contributed by atoms with Crippen LogP contribution in [0.25, 0.3) is 0 Å². The number of nitrogens with two attached hydrogens (primary N) is 1. The van der Waals surface area contributed by atoms with E-state index in [1.54, 1.807) is 36.7 Å². The molecule has 0 saturated heterocycles. The molecule has 1 aromatic rings. The number of rotatable bonds is 8. The highest BCUT2D eigenvalue weighted by molar-refractivity contribution is 8.18. The average Bonchev–Trinajstić information content (AvgIpc) is 3.31. The first-order chi connectivity index (χ1) is 13.9. The van der Waals surface area contributed by atoms with E-state index >= 15 is 0 Å². The molecule has 3 rings (SSSR count).